The van der Waals surface area contributed by atoms with Gasteiger partial charge in [0.1, 0.15) is 0 Å². The van der Waals surface area contributed by atoms with E-state index in [1.807, 2.05) is 0 Å². The Kier molecular flexibility index (Phi) is 3.20. The van der Waals surface area contributed by atoms with Gasteiger partial charge >= 0.3 is 0 Å². The van der Waals surface area contributed by atoms with Gasteiger partial charge in [0.15, 0.2) is 4.77 Å². The highest BCUT2D eigenvalue weighted by Crippen LogP contribution is 2.39. The molecular weight excluding hydrogens is 256 g/mol. The van der Waals surface area contributed by atoms with Gasteiger partial charge in [-0.1, -0.05) is 20.8 Å². The number of aromatic amines is 1. The minimum Gasteiger partial charge on any atom is -0.341 e. The standard InChI is InChI=1S/C14H24N4S/c1-14(2,3)10-6-8-17(9-7-10)12-15-16-13(19)18(12)11-4-5-11/h10-11H,4-9H2,1-3H3,(H,16,19). The maximum atomic E-state index is 5.36. The molecule has 0 unspecified atom stereocenters. The van der Waals surface area contributed by atoms with E-state index in [1.54, 1.807) is 0 Å². The first-order chi connectivity index (χ1) is 8.97. The summed E-state index contributed by atoms with van der Waals surface area (Å²) in [5.74, 6) is 1.89. The average molecular weight is 280 g/mol. The smallest absolute Gasteiger partial charge is 0.225 e. The lowest BCUT2D eigenvalue weighted by Crippen LogP contribution is -2.39. The van der Waals surface area contributed by atoms with Crippen molar-refractivity contribution < 1.29 is 0 Å². The lowest BCUT2D eigenvalue weighted by Gasteiger charge is -2.39. The molecule has 1 saturated heterocycles. The van der Waals surface area contributed by atoms with Crippen LogP contribution < -0.4 is 4.90 Å². The van der Waals surface area contributed by atoms with E-state index in [0.717, 1.165) is 29.7 Å². The molecular formula is C14H24N4S. The molecule has 1 aliphatic heterocycles. The molecule has 0 atom stereocenters. The van der Waals surface area contributed by atoms with E-state index in [9.17, 15) is 0 Å². The van der Waals surface area contributed by atoms with E-state index >= 15 is 0 Å². The first-order valence-electron chi connectivity index (χ1n) is 7.38. The second-order valence-corrected chi connectivity index (χ2v) is 7.44. The summed E-state index contributed by atoms with van der Waals surface area (Å²) in [4.78, 5) is 2.41. The van der Waals surface area contributed by atoms with Crippen molar-refractivity contribution in [3.8, 4) is 0 Å². The largest absolute Gasteiger partial charge is 0.341 e. The molecule has 0 bridgehead atoms. The number of H-pyrrole nitrogens is 1. The van der Waals surface area contributed by atoms with E-state index in [2.05, 4.69) is 40.4 Å². The van der Waals surface area contributed by atoms with Crippen LogP contribution in [0.2, 0.25) is 0 Å². The van der Waals surface area contributed by atoms with E-state index < -0.39 is 0 Å². The van der Waals surface area contributed by atoms with Crippen molar-refractivity contribution in [1.82, 2.24) is 14.8 Å². The maximum Gasteiger partial charge on any atom is 0.225 e. The van der Waals surface area contributed by atoms with Crippen molar-refractivity contribution >= 4 is 18.2 Å². The summed E-state index contributed by atoms with van der Waals surface area (Å²) in [5.41, 5.74) is 0.424. The van der Waals surface area contributed by atoms with Crippen LogP contribution in [0.4, 0.5) is 5.95 Å². The maximum absolute atomic E-state index is 5.36. The van der Waals surface area contributed by atoms with Gasteiger partial charge in [-0.2, -0.15) is 0 Å². The Balaban J connectivity index is 1.74. The van der Waals surface area contributed by atoms with Crippen molar-refractivity contribution in [3.05, 3.63) is 4.77 Å². The number of piperidine rings is 1. The normalized spacial score (nSPS) is 21.9. The molecule has 2 heterocycles. The quantitative estimate of drug-likeness (QED) is 0.842. The molecule has 0 amide bonds. The van der Waals surface area contributed by atoms with Crippen molar-refractivity contribution in [2.45, 2.75) is 52.5 Å². The van der Waals surface area contributed by atoms with Crippen molar-refractivity contribution in [2.75, 3.05) is 18.0 Å². The van der Waals surface area contributed by atoms with E-state index in [-0.39, 0.29) is 0 Å². The number of hydrogen-bond acceptors (Lipinski definition) is 3. The van der Waals surface area contributed by atoms with Crippen LogP contribution >= 0.6 is 12.2 Å². The average Bonchev–Trinajstić information content (AvgIpc) is 3.12. The van der Waals surface area contributed by atoms with Gasteiger partial charge in [0.2, 0.25) is 5.95 Å². The molecule has 0 radical (unpaired) electrons. The van der Waals surface area contributed by atoms with E-state index in [0.29, 0.717) is 11.5 Å². The Hall–Kier alpha value is -0.840. The monoisotopic (exact) mass is 280 g/mol. The zero-order valence-corrected chi connectivity index (χ0v) is 13.0. The van der Waals surface area contributed by atoms with Crippen LogP contribution in [-0.2, 0) is 0 Å². The van der Waals surface area contributed by atoms with Gasteiger partial charge in [0, 0.05) is 19.1 Å². The highest BCUT2D eigenvalue weighted by molar-refractivity contribution is 7.71. The Morgan fingerprint density at radius 3 is 2.32 bits per heavy atom. The third-order valence-corrected chi connectivity index (χ3v) is 4.89. The molecule has 1 saturated carbocycles. The van der Waals surface area contributed by atoms with Gasteiger partial charge in [-0.15, -0.1) is 5.10 Å². The Labute approximate surface area is 120 Å². The first kappa shape index (κ1) is 13.2. The highest BCUT2D eigenvalue weighted by Gasteiger charge is 2.33. The number of nitrogens with one attached hydrogen (secondary N) is 1. The summed E-state index contributed by atoms with van der Waals surface area (Å²) in [6.45, 7) is 9.28. The summed E-state index contributed by atoms with van der Waals surface area (Å²) in [6.07, 6.45) is 5.01. The molecule has 4 nitrogen and oxygen atoms in total. The van der Waals surface area contributed by atoms with Crippen molar-refractivity contribution in [3.63, 3.8) is 0 Å². The fourth-order valence-corrected chi connectivity index (χ4v) is 3.40. The minimum atomic E-state index is 0.424. The number of aromatic nitrogens is 3. The first-order valence-corrected chi connectivity index (χ1v) is 7.79. The molecule has 19 heavy (non-hydrogen) atoms. The SMILES string of the molecule is CC(C)(C)C1CCN(c2n[nH]c(=S)n2C2CC2)CC1. The molecule has 106 valence electrons. The summed E-state index contributed by atoms with van der Waals surface area (Å²) in [5, 5.41) is 7.43. The molecule has 1 aliphatic carbocycles. The van der Waals surface area contributed by atoms with Gasteiger partial charge in [0.05, 0.1) is 0 Å². The molecule has 1 N–H and O–H groups in total. The van der Waals surface area contributed by atoms with Crippen molar-refractivity contribution in [2.24, 2.45) is 11.3 Å². The number of anilines is 1. The highest BCUT2D eigenvalue weighted by atomic mass is 32.1. The van der Waals surface area contributed by atoms with Gasteiger partial charge in [0.25, 0.3) is 0 Å². The molecule has 2 fully saturated rings. The van der Waals surface area contributed by atoms with Crippen LogP contribution in [0.3, 0.4) is 0 Å². The minimum absolute atomic E-state index is 0.424. The van der Waals surface area contributed by atoms with Crippen LogP contribution in [0.1, 0.15) is 52.5 Å². The van der Waals surface area contributed by atoms with Crippen molar-refractivity contribution in [1.29, 1.82) is 0 Å². The van der Waals surface area contributed by atoms with Gasteiger partial charge < -0.3 is 4.90 Å². The summed E-state index contributed by atoms with van der Waals surface area (Å²) < 4.78 is 3.02. The van der Waals surface area contributed by atoms with E-state index in [1.165, 1.54) is 25.7 Å². The summed E-state index contributed by atoms with van der Waals surface area (Å²) in [6, 6.07) is 0.599. The third-order valence-electron chi connectivity index (χ3n) is 4.60. The second-order valence-electron chi connectivity index (χ2n) is 7.06. The van der Waals surface area contributed by atoms with Crippen LogP contribution in [0.25, 0.3) is 0 Å². The number of rotatable bonds is 2. The molecule has 1 aromatic heterocycles. The fraction of sp³-hybridized carbons (Fsp3) is 0.857. The molecule has 5 heteroatoms. The molecule has 3 rings (SSSR count). The number of hydrogen-bond donors (Lipinski definition) is 1. The zero-order chi connectivity index (χ0) is 13.6. The van der Waals surface area contributed by atoms with Crippen LogP contribution in [0.5, 0.6) is 0 Å². The Morgan fingerprint density at radius 2 is 1.79 bits per heavy atom. The third kappa shape index (κ3) is 2.57. The second kappa shape index (κ2) is 4.62. The summed E-state index contributed by atoms with van der Waals surface area (Å²) >= 11 is 5.36. The zero-order valence-electron chi connectivity index (χ0n) is 12.1. The molecule has 0 spiro atoms. The molecule has 0 aromatic carbocycles. The van der Waals surface area contributed by atoms with Gasteiger partial charge in [-0.05, 0) is 49.2 Å². The molecule has 1 aromatic rings. The van der Waals surface area contributed by atoms with Crippen LogP contribution in [0.15, 0.2) is 0 Å². The fourth-order valence-electron chi connectivity index (χ4n) is 3.13. The Bertz CT molecular complexity index is 498. The lowest BCUT2D eigenvalue weighted by molar-refractivity contribution is 0.198. The van der Waals surface area contributed by atoms with Gasteiger partial charge in [-0.25, -0.2) is 5.10 Å². The molecule has 2 aliphatic rings. The topological polar surface area (TPSA) is 36.9 Å². The van der Waals surface area contributed by atoms with E-state index in [4.69, 9.17) is 12.2 Å². The summed E-state index contributed by atoms with van der Waals surface area (Å²) in [7, 11) is 0. The number of nitrogens with zero attached hydrogens (tertiary/aromatic N) is 3. The Morgan fingerprint density at radius 1 is 1.16 bits per heavy atom. The van der Waals surface area contributed by atoms with Crippen LogP contribution in [-0.4, -0.2) is 27.9 Å². The predicted octanol–water partition coefficient (Wildman–Crippen LogP) is 3.54. The lowest BCUT2D eigenvalue weighted by atomic mass is 9.75. The predicted molar refractivity (Wildman–Crippen MR) is 80.1 cm³/mol. The van der Waals surface area contributed by atoms with Crippen LogP contribution in [0, 0.1) is 16.1 Å². The van der Waals surface area contributed by atoms with Gasteiger partial charge in [-0.3, -0.25) is 4.57 Å².